The molecule has 0 N–H and O–H groups in total. The molecule has 0 fully saturated rings. The van der Waals surface area contributed by atoms with E-state index in [4.69, 9.17) is 11.6 Å². The quantitative estimate of drug-likeness (QED) is 0.753. The van der Waals surface area contributed by atoms with E-state index in [-0.39, 0.29) is 12.4 Å². The van der Waals surface area contributed by atoms with Crippen LogP contribution in [0.5, 0.6) is 0 Å². The summed E-state index contributed by atoms with van der Waals surface area (Å²) in [5.74, 6) is 0. The van der Waals surface area contributed by atoms with Gasteiger partial charge in [-0.05, 0) is 40.3 Å². The second kappa shape index (κ2) is 5.72. The molecule has 0 aliphatic carbocycles. The average Bonchev–Trinajstić information content (AvgIpc) is 2.51. The van der Waals surface area contributed by atoms with Crippen LogP contribution >= 0.6 is 46.6 Å². The summed E-state index contributed by atoms with van der Waals surface area (Å²) in [6.45, 7) is 0.767. The van der Waals surface area contributed by atoms with Gasteiger partial charge in [0.1, 0.15) is 0 Å². The maximum absolute atomic E-state index is 5.89. The molecule has 0 bridgehead atoms. The van der Waals surface area contributed by atoms with Crippen molar-refractivity contribution in [1.82, 2.24) is 9.78 Å². The Morgan fingerprint density at radius 3 is 2.80 bits per heavy atom. The lowest BCUT2D eigenvalue weighted by atomic mass is 10.2. The standard InChI is InChI=1S/C10H8ClIN2.ClH/c11-9-3-1-2-8(4-9)6-14-7-10(12)5-13-14;/h1-5,7H,6H2;1H. The molecule has 0 saturated heterocycles. The third kappa shape index (κ3) is 3.66. The van der Waals surface area contributed by atoms with Crippen LogP contribution < -0.4 is 0 Å². The lowest BCUT2D eigenvalue weighted by Crippen LogP contribution is -1.99. The van der Waals surface area contributed by atoms with E-state index < -0.39 is 0 Å². The van der Waals surface area contributed by atoms with Gasteiger partial charge >= 0.3 is 0 Å². The summed E-state index contributed by atoms with van der Waals surface area (Å²) < 4.78 is 3.04. The first-order chi connectivity index (χ1) is 6.74. The third-order valence-corrected chi connectivity index (χ3v) is 2.63. The topological polar surface area (TPSA) is 17.8 Å². The van der Waals surface area contributed by atoms with Crippen LogP contribution in [0, 0.1) is 3.57 Å². The SMILES string of the molecule is Cl.Clc1cccc(Cn2cc(I)cn2)c1. The summed E-state index contributed by atoms with van der Waals surface area (Å²) in [7, 11) is 0. The van der Waals surface area contributed by atoms with Gasteiger partial charge in [0.2, 0.25) is 0 Å². The monoisotopic (exact) mass is 354 g/mol. The second-order valence-electron chi connectivity index (χ2n) is 2.99. The highest BCUT2D eigenvalue weighted by Crippen LogP contribution is 2.12. The first kappa shape index (κ1) is 12.8. The minimum Gasteiger partial charge on any atom is -0.267 e. The second-order valence-corrected chi connectivity index (χ2v) is 4.67. The van der Waals surface area contributed by atoms with E-state index in [1.807, 2.05) is 41.3 Å². The number of benzene rings is 1. The molecule has 80 valence electrons. The summed E-state index contributed by atoms with van der Waals surface area (Å²) >= 11 is 8.13. The molecule has 2 aromatic rings. The molecule has 5 heteroatoms. The third-order valence-electron chi connectivity index (χ3n) is 1.84. The zero-order valence-corrected chi connectivity index (χ0v) is 11.5. The Hall–Kier alpha value is -0.260. The van der Waals surface area contributed by atoms with Gasteiger partial charge < -0.3 is 0 Å². The number of hydrogen-bond acceptors (Lipinski definition) is 1. The molecule has 0 unspecified atom stereocenters. The Kier molecular flexibility index (Phi) is 4.89. The summed E-state index contributed by atoms with van der Waals surface area (Å²) in [6.07, 6.45) is 3.84. The van der Waals surface area contributed by atoms with E-state index in [1.54, 1.807) is 0 Å². The minimum absolute atomic E-state index is 0. The molecule has 1 aromatic carbocycles. The van der Waals surface area contributed by atoms with Crippen LogP contribution in [0.15, 0.2) is 36.7 Å². The zero-order valence-electron chi connectivity index (χ0n) is 7.73. The lowest BCUT2D eigenvalue weighted by molar-refractivity contribution is 0.686. The Morgan fingerprint density at radius 1 is 1.40 bits per heavy atom. The molecule has 0 atom stereocenters. The van der Waals surface area contributed by atoms with Gasteiger partial charge in [-0.2, -0.15) is 5.10 Å². The number of halogens is 3. The highest BCUT2D eigenvalue weighted by atomic mass is 127. The lowest BCUT2D eigenvalue weighted by Gasteiger charge is -2.01. The van der Waals surface area contributed by atoms with Crippen LogP contribution in [0.4, 0.5) is 0 Å². The van der Waals surface area contributed by atoms with Crippen molar-refractivity contribution < 1.29 is 0 Å². The normalized spacial score (nSPS) is 9.73. The molecular weight excluding hydrogens is 346 g/mol. The van der Waals surface area contributed by atoms with Crippen molar-refractivity contribution in [1.29, 1.82) is 0 Å². The number of aromatic nitrogens is 2. The molecule has 0 saturated carbocycles. The van der Waals surface area contributed by atoms with E-state index in [0.717, 1.165) is 20.7 Å². The van der Waals surface area contributed by atoms with E-state index in [2.05, 4.69) is 27.7 Å². The fraction of sp³-hybridized carbons (Fsp3) is 0.100. The highest BCUT2D eigenvalue weighted by Gasteiger charge is 1.97. The summed E-state index contributed by atoms with van der Waals surface area (Å²) in [4.78, 5) is 0. The molecule has 0 aliphatic heterocycles. The molecule has 0 amide bonds. The zero-order chi connectivity index (χ0) is 9.97. The maximum atomic E-state index is 5.89. The van der Waals surface area contributed by atoms with E-state index in [9.17, 15) is 0 Å². The van der Waals surface area contributed by atoms with Crippen molar-refractivity contribution in [2.24, 2.45) is 0 Å². The molecule has 15 heavy (non-hydrogen) atoms. The summed E-state index contributed by atoms with van der Waals surface area (Å²) in [5, 5.41) is 4.97. The van der Waals surface area contributed by atoms with E-state index >= 15 is 0 Å². The van der Waals surface area contributed by atoms with Crippen LogP contribution in [0.3, 0.4) is 0 Å². The van der Waals surface area contributed by atoms with Gasteiger partial charge in [0, 0.05) is 11.2 Å². The van der Waals surface area contributed by atoms with Crippen molar-refractivity contribution in [2.45, 2.75) is 6.54 Å². The van der Waals surface area contributed by atoms with Crippen molar-refractivity contribution in [3.8, 4) is 0 Å². The maximum Gasteiger partial charge on any atom is 0.0660 e. The predicted molar refractivity (Wildman–Crippen MR) is 72.7 cm³/mol. The Labute approximate surface area is 113 Å². The van der Waals surface area contributed by atoms with Crippen LogP contribution in [0.2, 0.25) is 5.02 Å². The van der Waals surface area contributed by atoms with Gasteiger partial charge in [0.05, 0.1) is 16.3 Å². The Bertz CT molecular complexity index is 442. The smallest absolute Gasteiger partial charge is 0.0660 e. The van der Waals surface area contributed by atoms with Gasteiger partial charge in [0.25, 0.3) is 0 Å². The van der Waals surface area contributed by atoms with Gasteiger partial charge in [0.15, 0.2) is 0 Å². The van der Waals surface area contributed by atoms with Crippen LogP contribution in [-0.2, 0) is 6.54 Å². The van der Waals surface area contributed by atoms with Gasteiger partial charge in [-0.3, -0.25) is 4.68 Å². The van der Waals surface area contributed by atoms with E-state index in [0.29, 0.717) is 0 Å². The summed E-state index contributed by atoms with van der Waals surface area (Å²) in [5.41, 5.74) is 1.16. The van der Waals surface area contributed by atoms with Gasteiger partial charge in [-0.15, -0.1) is 12.4 Å². The fourth-order valence-electron chi connectivity index (χ4n) is 1.25. The van der Waals surface area contributed by atoms with Crippen molar-refractivity contribution in [3.05, 3.63) is 50.8 Å². The Balaban J connectivity index is 0.00000112. The molecule has 2 nitrogen and oxygen atoms in total. The molecule has 1 heterocycles. The van der Waals surface area contributed by atoms with Crippen LogP contribution in [-0.4, -0.2) is 9.78 Å². The predicted octanol–water partition coefficient (Wildman–Crippen LogP) is 3.61. The largest absolute Gasteiger partial charge is 0.267 e. The minimum atomic E-state index is 0. The molecule has 2 rings (SSSR count). The van der Waals surface area contributed by atoms with Crippen molar-refractivity contribution in [2.75, 3.05) is 0 Å². The van der Waals surface area contributed by atoms with Crippen LogP contribution in [0.25, 0.3) is 0 Å². The van der Waals surface area contributed by atoms with Gasteiger partial charge in [-0.25, -0.2) is 0 Å². The number of rotatable bonds is 2. The summed E-state index contributed by atoms with van der Waals surface area (Å²) in [6, 6.07) is 7.82. The first-order valence-corrected chi connectivity index (χ1v) is 5.62. The Morgan fingerprint density at radius 2 is 2.20 bits per heavy atom. The fourth-order valence-corrected chi connectivity index (χ4v) is 1.91. The number of hydrogen-bond donors (Lipinski definition) is 0. The molecule has 1 aromatic heterocycles. The molecule has 0 aliphatic rings. The molecular formula is C10H9Cl2IN2. The van der Waals surface area contributed by atoms with Gasteiger partial charge in [-0.1, -0.05) is 23.7 Å². The average molecular weight is 355 g/mol. The first-order valence-electron chi connectivity index (χ1n) is 4.16. The van der Waals surface area contributed by atoms with Crippen LogP contribution in [0.1, 0.15) is 5.56 Å². The highest BCUT2D eigenvalue weighted by molar-refractivity contribution is 14.1. The van der Waals surface area contributed by atoms with E-state index in [1.165, 1.54) is 0 Å². The van der Waals surface area contributed by atoms with Crippen molar-refractivity contribution in [3.63, 3.8) is 0 Å². The number of nitrogens with zero attached hydrogens (tertiary/aromatic N) is 2. The molecule has 0 spiro atoms. The van der Waals surface area contributed by atoms with Crippen molar-refractivity contribution >= 4 is 46.6 Å². The molecule has 0 radical (unpaired) electrons.